The van der Waals surface area contributed by atoms with Crippen molar-refractivity contribution in [3.8, 4) is 0 Å². The monoisotopic (exact) mass is 196 g/mol. The van der Waals surface area contributed by atoms with Gasteiger partial charge in [-0.1, -0.05) is 25.0 Å². The molecule has 0 aliphatic heterocycles. The molecule has 82 valence electrons. The Labute approximate surface area is 88.2 Å². The van der Waals surface area contributed by atoms with E-state index in [1.54, 1.807) is 0 Å². The van der Waals surface area contributed by atoms with Gasteiger partial charge in [0.15, 0.2) is 0 Å². The van der Waals surface area contributed by atoms with E-state index in [0.29, 0.717) is 0 Å². The summed E-state index contributed by atoms with van der Waals surface area (Å²) in [4.78, 5) is 0. The Morgan fingerprint density at radius 1 is 1.50 bits per heavy atom. The topological polar surface area (TPSA) is 20.2 Å². The second-order valence-electron chi connectivity index (χ2n) is 5.42. The molecule has 0 spiro atoms. The van der Waals surface area contributed by atoms with Gasteiger partial charge < -0.3 is 5.11 Å². The van der Waals surface area contributed by atoms with Gasteiger partial charge in [-0.2, -0.15) is 0 Å². The van der Waals surface area contributed by atoms with Crippen molar-refractivity contribution in [1.82, 2.24) is 0 Å². The Balaban J connectivity index is 2.15. The standard InChI is InChI=1S/C13H24O/c1-11-6-4-7-12(10-11)8-5-9-13(2,3)14/h12,14H,1,4-10H2,2-3H3. The maximum atomic E-state index is 9.58. The summed E-state index contributed by atoms with van der Waals surface area (Å²) in [6.45, 7) is 7.86. The number of rotatable bonds is 4. The van der Waals surface area contributed by atoms with Crippen molar-refractivity contribution in [2.24, 2.45) is 5.92 Å². The van der Waals surface area contributed by atoms with Crippen LogP contribution in [0.25, 0.3) is 0 Å². The van der Waals surface area contributed by atoms with E-state index in [-0.39, 0.29) is 0 Å². The molecule has 14 heavy (non-hydrogen) atoms. The van der Waals surface area contributed by atoms with Crippen LogP contribution in [0.1, 0.15) is 58.8 Å². The molecular weight excluding hydrogens is 172 g/mol. The number of hydrogen-bond donors (Lipinski definition) is 1. The van der Waals surface area contributed by atoms with Crippen molar-refractivity contribution in [3.63, 3.8) is 0 Å². The normalized spacial score (nSPS) is 23.9. The van der Waals surface area contributed by atoms with Crippen LogP contribution in [-0.2, 0) is 0 Å². The summed E-state index contributed by atoms with van der Waals surface area (Å²) < 4.78 is 0. The zero-order valence-corrected chi connectivity index (χ0v) is 9.68. The number of allylic oxidation sites excluding steroid dienone is 1. The molecule has 0 saturated heterocycles. The second kappa shape index (κ2) is 4.97. The third-order valence-electron chi connectivity index (χ3n) is 3.12. The van der Waals surface area contributed by atoms with Gasteiger partial charge in [0.05, 0.1) is 5.60 Å². The fraction of sp³-hybridized carbons (Fsp3) is 0.846. The number of aliphatic hydroxyl groups is 1. The van der Waals surface area contributed by atoms with Crippen molar-refractivity contribution < 1.29 is 5.11 Å². The van der Waals surface area contributed by atoms with Gasteiger partial charge in [-0.3, -0.25) is 0 Å². The van der Waals surface area contributed by atoms with Gasteiger partial charge >= 0.3 is 0 Å². The van der Waals surface area contributed by atoms with E-state index in [4.69, 9.17) is 0 Å². The molecule has 0 aromatic carbocycles. The lowest BCUT2D eigenvalue weighted by atomic mass is 9.82. The smallest absolute Gasteiger partial charge is 0.0591 e. The van der Waals surface area contributed by atoms with Gasteiger partial charge in [0.25, 0.3) is 0 Å². The van der Waals surface area contributed by atoms with E-state index in [2.05, 4.69) is 6.58 Å². The molecule has 1 aliphatic carbocycles. The van der Waals surface area contributed by atoms with Crippen LogP contribution >= 0.6 is 0 Å². The Hall–Kier alpha value is -0.300. The molecule has 1 fully saturated rings. The van der Waals surface area contributed by atoms with E-state index in [0.717, 1.165) is 18.8 Å². The summed E-state index contributed by atoms with van der Waals surface area (Å²) in [7, 11) is 0. The quantitative estimate of drug-likeness (QED) is 0.680. The summed E-state index contributed by atoms with van der Waals surface area (Å²) in [6.07, 6.45) is 8.51. The molecular formula is C13H24O. The van der Waals surface area contributed by atoms with E-state index in [9.17, 15) is 5.11 Å². The molecule has 1 unspecified atom stereocenters. The Morgan fingerprint density at radius 3 is 2.79 bits per heavy atom. The third kappa shape index (κ3) is 4.80. The van der Waals surface area contributed by atoms with E-state index in [1.165, 1.54) is 37.7 Å². The molecule has 0 heterocycles. The molecule has 1 rings (SSSR count). The molecule has 0 aromatic rings. The predicted molar refractivity (Wildman–Crippen MR) is 61.2 cm³/mol. The maximum absolute atomic E-state index is 9.58. The lowest BCUT2D eigenvalue weighted by molar-refractivity contribution is 0.0664. The van der Waals surface area contributed by atoms with Gasteiger partial charge in [-0.15, -0.1) is 0 Å². The van der Waals surface area contributed by atoms with Crippen molar-refractivity contribution >= 4 is 0 Å². The van der Waals surface area contributed by atoms with Crippen LogP contribution in [0.3, 0.4) is 0 Å². The van der Waals surface area contributed by atoms with Crippen molar-refractivity contribution in [1.29, 1.82) is 0 Å². The Morgan fingerprint density at radius 2 is 2.21 bits per heavy atom. The lowest BCUT2D eigenvalue weighted by Crippen LogP contribution is -2.18. The van der Waals surface area contributed by atoms with E-state index < -0.39 is 5.60 Å². The first kappa shape index (κ1) is 11.8. The largest absolute Gasteiger partial charge is 0.390 e. The summed E-state index contributed by atoms with van der Waals surface area (Å²) >= 11 is 0. The molecule has 1 N–H and O–H groups in total. The summed E-state index contributed by atoms with van der Waals surface area (Å²) in [5, 5.41) is 9.58. The van der Waals surface area contributed by atoms with Gasteiger partial charge in [-0.05, 0) is 51.9 Å². The fourth-order valence-corrected chi connectivity index (χ4v) is 2.32. The Bertz CT molecular complexity index is 188. The molecule has 1 atom stereocenters. The predicted octanol–water partition coefficient (Wildman–Crippen LogP) is 3.67. The molecule has 0 aromatic heterocycles. The second-order valence-corrected chi connectivity index (χ2v) is 5.42. The molecule has 1 saturated carbocycles. The van der Waals surface area contributed by atoms with Crippen LogP contribution in [0.5, 0.6) is 0 Å². The highest BCUT2D eigenvalue weighted by molar-refractivity contribution is 4.99. The molecule has 1 heteroatoms. The molecule has 0 bridgehead atoms. The highest BCUT2D eigenvalue weighted by Crippen LogP contribution is 2.31. The zero-order valence-electron chi connectivity index (χ0n) is 9.68. The summed E-state index contributed by atoms with van der Waals surface area (Å²) in [5.41, 5.74) is 0.954. The van der Waals surface area contributed by atoms with Crippen molar-refractivity contribution in [3.05, 3.63) is 12.2 Å². The van der Waals surface area contributed by atoms with Crippen LogP contribution in [0, 0.1) is 5.92 Å². The van der Waals surface area contributed by atoms with Crippen molar-refractivity contribution in [2.75, 3.05) is 0 Å². The maximum Gasteiger partial charge on any atom is 0.0591 e. The van der Waals surface area contributed by atoms with Crippen molar-refractivity contribution in [2.45, 2.75) is 64.4 Å². The first-order valence-corrected chi connectivity index (χ1v) is 5.86. The van der Waals surface area contributed by atoms with Gasteiger partial charge in [-0.25, -0.2) is 0 Å². The van der Waals surface area contributed by atoms with Gasteiger partial charge in [0.2, 0.25) is 0 Å². The van der Waals surface area contributed by atoms with Crippen LogP contribution in [0.2, 0.25) is 0 Å². The molecule has 1 aliphatic rings. The zero-order chi connectivity index (χ0) is 10.6. The summed E-state index contributed by atoms with van der Waals surface area (Å²) in [5.74, 6) is 0.846. The highest BCUT2D eigenvalue weighted by Gasteiger charge is 2.17. The lowest BCUT2D eigenvalue weighted by Gasteiger charge is -2.24. The van der Waals surface area contributed by atoms with Gasteiger partial charge in [0, 0.05) is 0 Å². The van der Waals surface area contributed by atoms with Crippen LogP contribution in [-0.4, -0.2) is 10.7 Å². The molecule has 0 radical (unpaired) electrons. The average molecular weight is 196 g/mol. The first-order chi connectivity index (χ1) is 6.47. The Kier molecular flexibility index (Phi) is 4.18. The number of hydrogen-bond acceptors (Lipinski definition) is 1. The van der Waals surface area contributed by atoms with E-state index >= 15 is 0 Å². The molecule has 1 nitrogen and oxygen atoms in total. The minimum absolute atomic E-state index is 0.480. The fourth-order valence-electron chi connectivity index (χ4n) is 2.32. The van der Waals surface area contributed by atoms with Gasteiger partial charge in [0.1, 0.15) is 0 Å². The average Bonchev–Trinajstić information content (AvgIpc) is 2.01. The minimum atomic E-state index is -0.480. The SMILES string of the molecule is C=C1CCCC(CCCC(C)(C)O)C1. The van der Waals surface area contributed by atoms with E-state index in [1.807, 2.05) is 13.8 Å². The van der Waals surface area contributed by atoms with Crippen LogP contribution in [0.4, 0.5) is 0 Å². The third-order valence-corrected chi connectivity index (χ3v) is 3.12. The highest BCUT2D eigenvalue weighted by atomic mass is 16.3. The minimum Gasteiger partial charge on any atom is -0.390 e. The summed E-state index contributed by atoms with van der Waals surface area (Å²) in [6, 6.07) is 0. The first-order valence-electron chi connectivity index (χ1n) is 5.86. The van der Waals surface area contributed by atoms with Crippen LogP contribution < -0.4 is 0 Å². The molecule has 0 amide bonds. The van der Waals surface area contributed by atoms with Crippen LogP contribution in [0.15, 0.2) is 12.2 Å².